The Morgan fingerprint density at radius 2 is 2.05 bits per heavy atom. The molecule has 0 radical (unpaired) electrons. The molecule has 0 aliphatic carbocycles. The summed E-state index contributed by atoms with van der Waals surface area (Å²) in [7, 11) is 3.88. The van der Waals surface area contributed by atoms with E-state index >= 15 is 0 Å². The predicted octanol–water partition coefficient (Wildman–Crippen LogP) is 2.91. The second-order valence-electron chi connectivity index (χ2n) is 5.71. The van der Waals surface area contributed by atoms with Crippen molar-refractivity contribution in [3.05, 3.63) is 20.8 Å². The molecule has 0 unspecified atom stereocenters. The predicted molar refractivity (Wildman–Crippen MR) is 92.6 cm³/mol. The first kappa shape index (κ1) is 17.5. The molecule has 0 aliphatic heterocycles. The fourth-order valence-electron chi connectivity index (χ4n) is 1.74. The van der Waals surface area contributed by atoms with E-state index in [9.17, 15) is 0 Å². The summed E-state index contributed by atoms with van der Waals surface area (Å²) >= 11 is 5.25. The molecular formula is C14H25BrN4S. The number of hydrogen-bond donors (Lipinski definition) is 2. The van der Waals surface area contributed by atoms with E-state index in [1.807, 2.05) is 7.05 Å². The molecule has 0 aliphatic rings. The Hall–Kier alpha value is -0.590. The van der Waals surface area contributed by atoms with Crippen LogP contribution in [0.5, 0.6) is 0 Å². The monoisotopic (exact) mass is 360 g/mol. The lowest BCUT2D eigenvalue weighted by atomic mass is 10.1. The van der Waals surface area contributed by atoms with Gasteiger partial charge in [-0.15, -0.1) is 11.3 Å². The highest BCUT2D eigenvalue weighted by Crippen LogP contribution is 2.22. The quantitative estimate of drug-likeness (QED) is 0.481. The molecule has 0 aromatic carbocycles. The van der Waals surface area contributed by atoms with Crippen LogP contribution in [-0.2, 0) is 6.54 Å². The van der Waals surface area contributed by atoms with Crippen molar-refractivity contribution in [3.63, 3.8) is 0 Å². The maximum atomic E-state index is 4.32. The molecular weight excluding hydrogens is 336 g/mol. The maximum Gasteiger partial charge on any atom is 0.193 e. The fourth-order valence-corrected chi connectivity index (χ4v) is 3.28. The number of thiophene rings is 1. The molecule has 1 aromatic rings. The molecule has 0 fully saturated rings. The molecule has 1 aromatic heterocycles. The van der Waals surface area contributed by atoms with E-state index in [1.54, 1.807) is 11.3 Å². The Balaban J connectivity index is 2.38. The highest BCUT2D eigenvalue weighted by atomic mass is 79.9. The number of rotatable bonds is 5. The third kappa shape index (κ3) is 6.72. The molecule has 0 bridgehead atoms. The van der Waals surface area contributed by atoms with Gasteiger partial charge >= 0.3 is 0 Å². The third-order valence-electron chi connectivity index (χ3n) is 2.66. The minimum Gasteiger partial charge on any atom is -0.355 e. The van der Waals surface area contributed by atoms with Gasteiger partial charge in [-0.3, -0.25) is 4.99 Å². The minimum absolute atomic E-state index is 0.153. The molecule has 0 saturated carbocycles. The number of aliphatic imine (C=N–C) groups is 1. The number of nitrogens with zero attached hydrogens (tertiary/aromatic N) is 2. The van der Waals surface area contributed by atoms with Crippen molar-refractivity contribution in [3.8, 4) is 0 Å². The smallest absolute Gasteiger partial charge is 0.193 e. The lowest BCUT2D eigenvalue weighted by Gasteiger charge is -2.24. The molecule has 114 valence electrons. The van der Waals surface area contributed by atoms with Gasteiger partial charge in [-0.05, 0) is 48.8 Å². The van der Waals surface area contributed by atoms with Gasteiger partial charge in [-0.25, -0.2) is 0 Å². The standard InChI is InChI=1S/C14H25BrN4S/c1-14(2,3)18-9-8-17-13(16-4)19(5)10-11-6-7-12(15)20-11/h6-7,18H,8-10H2,1-5H3,(H,16,17). The van der Waals surface area contributed by atoms with E-state index < -0.39 is 0 Å². The topological polar surface area (TPSA) is 39.7 Å². The third-order valence-corrected chi connectivity index (χ3v) is 4.27. The number of halogens is 1. The van der Waals surface area contributed by atoms with Crippen molar-refractivity contribution in [2.75, 3.05) is 27.2 Å². The SMILES string of the molecule is CN=C(NCCNC(C)(C)C)N(C)Cc1ccc(Br)s1. The van der Waals surface area contributed by atoms with Crippen LogP contribution in [0.2, 0.25) is 0 Å². The first-order chi connectivity index (χ1) is 9.31. The van der Waals surface area contributed by atoms with Gasteiger partial charge in [-0.1, -0.05) is 0 Å². The molecule has 1 rings (SSSR count). The average molecular weight is 361 g/mol. The van der Waals surface area contributed by atoms with Crippen LogP contribution in [0.4, 0.5) is 0 Å². The lowest BCUT2D eigenvalue weighted by Crippen LogP contribution is -2.44. The molecule has 2 N–H and O–H groups in total. The van der Waals surface area contributed by atoms with Gasteiger partial charge < -0.3 is 15.5 Å². The molecule has 0 spiro atoms. The van der Waals surface area contributed by atoms with Gasteiger partial charge in [0.25, 0.3) is 0 Å². The maximum absolute atomic E-state index is 4.32. The molecule has 0 atom stereocenters. The normalized spacial score (nSPS) is 12.6. The van der Waals surface area contributed by atoms with Crippen molar-refractivity contribution < 1.29 is 0 Å². The van der Waals surface area contributed by atoms with Crippen LogP contribution >= 0.6 is 27.3 Å². The number of guanidine groups is 1. The van der Waals surface area contributed by atoms with Crippen LogP contribution in [-0.4, -0.2) is 43.6 Å². The summed E-state index contributed by atoms with van der Waals surface area (Å²) in [4.78, 5) is 7.77. The molecule has 0 amide bonds. The van der Waals surface area contributed by atoms with Gasteiger partial charge in [0.2, 0.25) is 0 Å². The Labute approximate surface area is 134 Å². The molecule has 20 heavy (non-hydrogen) atoms. The van der Waals surface area contributed by atoms with Gasteiger partial charge in [-0.2, -0.15) is 0 Å². The molecule has 0 saturated heterocycles. The van der Waals surface area contributed by atoms with Gasteiger partial charge in [0.1, 0.15) is 0 Å². The van der Waals surface area contributed by atoms with Gasteiger partial charge in [0.05, 0.1) is 10.3 Å². The first-order valence-corrected chi connectivity index (χ1v) is 8.34. The van der Waals surface area contributed by atoms with Crippen molar-refractivity contribution in [2.45, 2.75) is 32.9 Å². The summed E-state index contributed by atoms with van der Waals surface area (Å²) in [6.07, 6.45) is 0. The highest BCUT2D eigenvalue weighted by Gasteiger charge is 2.10. The summed E-state index contributed by atoms with van der Waals surface area (Å²) in [6, 6.07) is 4.22. The Bertz CT molecular complexity index is 437. The van der Waals surface area contributed by atoms with Crippen molar-refractivity contribution in [1.29, 1.82) is 0 Å². The lowest BCUT2D eigenvalue weighted by molar-refractivity contribution is 0.422. The van der Waals surface area contributed by atoms with E-state index in [0.717, 1.165) is 25.6 Å². The summed E-state index contributed by atoms with van der Waals surface area (Å²) in [5.74, 6) is 0.922. The molecule has 4 nitrogen and oxygen atoms in total. The second kappa shape index (κ2) is 8.00. The second-order valence-corrected chi connectivity index (χ2v) is 8.26. The fraction of sp³-hybridized carbons (Fsp3) is 0.643. The molecule has 6 heteroatoms. The zero-order valence-corrected chi connectivity index (χ0v) is 15.4. The number of hydrogen-bond acceptors (Lipinski definition) is 3. The summed E-state index contributed by atoms with van der Waals surface area (Å²) in [5, 5.41) is 6.83. The largest absolute Gasteiger partial charge is 0.355 e. The molecule has 1 heterocycles. The van der Waals surface area contributed by atoms with Gasteiger partial charge in [0, 0.05) is 37.6 Å². The van der Waals surface area contributed by atoms with Crippen LogP contribution in [0.1, 0.15) is 25.6 Å². The minimum atomic E-state index is 0.153. The summed E-state index contributed by atoms with van der Waals surface area (Å²) in [5.41, 5.74) is 0.153. The van der Waals surface area contributed by atoms with Crippen LogP contribution in [0, 0.1) is 0 Å². The Kier molecular flexibility index (Phi) is 6.99. The Morgan fingerprint density at radius 3 is 2.55 bits per heavy atom. The van der Waals surface area contributed by atoms with E-state index in [4.69, 9.17) is 0 Å². The zero-order valence-electron chi connectivity index (χ0n) is 13.0. The van der Waals surface area contributed by atoms with E-state index in [2.05, 4.69) is 76.4 Å². The van der Waals surface area contributed by atoms with E-state index in [-0.39, 0.29) is 5.54 Å². The van der Waals surface area contributed by atoms with Crippen LogP contribution in [0.25, 0.3) is 0 Å². The summed E-state index contributed by atoms with van der Waals surface area (Å²) < 4.78 is 1.17. The van der Waals surface area contributed by atoms with Gasteiger partial charge in [0.15, 0.2) is 5.96 Å². The highest BCUT2D eigenvalue weighted by molar-refractivity contribution is 9.11. The number of nitrogens with one attached hydrogen (secondary N) is 2. The Morgan fingerprint density at radius 1 is 1.35 bits per heavy atom. The van der Waals surface area contributed by atoms with Crippen LogP contribution in [0.15, 0.2) is 20.9 Å². The zero-order chi connectivity index (χ0) is 15.2. The van der Waals surface area contributed by atoms with Crippen molar-refractivity contribution in [2.24, 2.45) is 4.99 Å². The van der Waals surface area contributed by atoms with Crippen LogP contribution < -0.4 is 10.6 Å². The first-order valence-electron chi connectivity index (χ1n) is 6.73. The summed E-state index contributed by atoms with van der Waals surface area (Å²) in [6.45, 7) is 9.15. The van der Waals surface area contributed by atoms with Crippen LogP contribution in [0.3, 0.4) is 0 Å². The average Bonchev–Trinajstić information content (AvgIpc) is 2.73. The van der Waals surface area contributed by atoms with Crippen molar-refractivity contribution in [1.82, 2.24) is 15.5 Å². The van der Waals surface area contributed by atoms with Crippen molar-refractivity contribution >= 4 is 33.2 Å². The van der Waals surface area contributed by atoms with E-state index in [0.29, 0.717) is 0 Å². The van der Waals surface area contributed by atoms with E-state index in [1.165, 1.54) is 8.66 Å².